The summed E-state index contributed by atoms with van der Waals surface area (Å²) in [6.45, 7) is 5.77. The molecular weight excluding hydrogens is 224 g/mol. The monoisotopic (exact) mass is 248 g/mol. The van der Waals surface area contributed by atoms with Crippen molar-refractivity contribution in [3.63, 3.8) is 0 Å². The Morgan fingerprint density at radius 3 is 2.61 bits per heavy atom. The summed E-state index contributed by atoms with van der Waals surface area (Å²) < 4.78 is 0. The maximum Gasteiger partial charge on any atom is 0.223 e. The van der Waals surface area contributed by atoms with E-state index in [0.717, 1.165) is 19.5 Å². The molecule has 18 heavy (non-hydrogen) atoms. The maximum absolute atomic E-state index is 11.7. The summed E-state index contributed by atoms with van der Waals surface area (Å²) in [6, 6.07) is 6.50. The first-order valence-electron chi connectivity index (χ1n) is 6.49. The number of amides is 1. The van der Waals surface area contributed by atoms with Crippen molar-refractivity contribution in [2.75, 3.05) is 27.2 Å². The molecule has 0 aromatic heterocycles. The van der Waals surface area contributed by atoms with E-state index in [0.29, 0.717) is 6.42 Å². The minimum Gasteiger partial charge on any atom is -0.345 e. The topological polar surface area (TPSA) is 32.3 Å². The van der Waals surface area contributed by atoms with Gasteiger partial charge in [-0.1, -0.05) is 18.2 Å². The molecule has 0 saturated heterocycles. The molecule has 1 amide bonds. The summed E-state index contributed by atoms with van der Waals surface area (Å²) in [6.07, 6.45) is 1.49. The molecule has 3 heteroatoms. The Kier molecular flexibility index (Phi) is 5.86. The van der Waals surface area contributed by atoms with E-state index < -0.39 is 0 Å². The van der Waals surface area contributed by atoms with E-state index in [-0.39, 0.29) is 5.91 Å². The Labute approximate surface area is 110 Å². The number of rotatable bonds is 6. The Bertz CT molecular complexity index is 401. The highest BCUT2D eigenvalue weighted by atomic mass is 16.2. The standard InChI is InChI=1S/C15H24N2O/c1-12-5-6-14(11-13(12)2)8-10-17(4)15(18)7-9-16-3/h5-6,11,16H,7-10H2,1-4H3. The summed E-state index contributed by atoms with van der Waals surface area (Å²) >= 11 is 0. The molecule has 0 bridgehead atoms. The second-order valence-electron chi connectivity index (χ2n) is 4.84. The Morgan fingerprint density at radius 2 is 2.00 bits per heavy atom. The maximum atomic E-state index is 11.7. The molecule has 100 valence electrons. The zero-order valence-electron chi connectivity index (χ0n) is 11.9. The second-order valence-corrected chi connectivity index (χ2v) is 4.84. The fraction of sp³-hybridized carbons (Fsp3) is 0.533. The van der Waals surface area contributed by atoms with E-state index in [2.05, 4.69) is 37.4 Å². The van der Waals surface area contributed by atoms with Gasteiger partial charge in [-0.3, -0.25) is 4.79 Å². The molecule has 1 rings (SSSR count). The van der Waals surface area contributed by atoms with E-state index in [1.165, 1.54) is 16.7 Å². The Hall–Kier alpha value is -1.35. The van der Waals surface area contributed by atoms with Crippen LogP contribution >= 0.6 is 0 Å². The van der Waals surface area contributed by atoms with Crippen LogP contribution in [0.25, 0.3) is 0 Å². The minimum absolute atomic E-state index is 0.202. The zero-order chi connectivity index (χ0) is 13.5. The van der Waals surface area contributed by atoms with Gasteiger partial charge in [-0.25, -0.2) is 0 Å². The van der Waals surface area contributed by atoms with Gasteiger partial charge in [0.15, 0.2) is 0 Å². The minimum atomic E-state index is 0.202. The smallest absolute Gasteiger partial charge is 0.223 e. The lowest BCUT2D eigenvalue weighted by Crippen LogP contribution is -2.30. The molecule has 0 aliphatic carbocycles. The predicted molar refractivity (Wildman–Crippen MR) is 75.8 cm³/mol. The van der Waals surface area contributed by atoms with Crippen LogP contribution in [0, 0.1) is 13.8 Å². The van der Waals surface area contributed by atoms with Crippen molar-refractivity contribution in [2.45, 2.75) is 26.7 Å². The van der Waals surface area contributed by atoms with Gasteiger partial charge in [-0.15, -0.1) is 0 Å². The molecular formula is C15H24N2O. The fourth-order valence-electron chi connectivity index (χ4n) is 1.80. The van der Waals surface area contributed by atoms with Crippen LogP contribution < -0.4 is 5.32 Å². The third kappa shape index (κ3) is 4.49. The number of carbonyl (C=O) groups excluding carboxylic acids is 1. The number of hydrogen-bond acceptors (Lipinski definition) is 2. The van der Waals surface area contributed by atoms with Gasteiger partial charge in [0.25, 0.3) is 0 Å². The van der Waals surface area contributed by atoms with Gasteiger partial charge in [0.1, 0.15) is 0 Å². The van der Waals surface area contributed by atoms with E-state index in [1.54, 1.807) is 0 Å². The van der Waals surface area contributed by atoms with Crippen molar-refractivity contribution in [1.29, 1.82) is 0 Å². The van der Waals surface area contributed by atoms with Crippen LogP contribution in [0.2, 0.25) is 0 Å². The first-order valence-corrected chi connectivity index (χ1v) is 6.49. The van der Waals surface area contributed by atoms with E-state index >= 15 is 0 Å². The lowest BCUT2D eigenvalue weighted by molar-refractivity contribution is -0.129. The summed E-state index contributed by atoms with van der Waals surface area (Å²) in [7, 11) is 3.74. The summed E-state index contributed by atoms with van der Waals surface area (Å²) in [5, 5.41) is 2.99. The van der Waals surface area contributed by atoms with Crippen LogP contribution in [0.1, 0.15) is 23.1 Å². The number of nitrogens with zero attached hydrogens (tertiary/aromatic N) is 1. The molecule has 0 radical (unpaired) electrons. The summed E-state index contributed by atoms with van der Waals surface area (Å²) in [5.41, 5.74) is 3.93. The highest BCUT2D eigenvalue weighted by Gasteiger charge is 2.07. The molecule has 1 aromatic carbocycles. The van der Waals surface area contributed by atoms with Gasteiger partial charge >= 0.3 is 0 Å². The van der Waals surface area contributed by atoms with Crippen molar-refractivity contribution in [3.8, 4) is 0 Å². The number of benzene rings is 1. The van der Waals surface area contributed by atoms with Gasteiger partial charge in [0.05, 0.1) is 0 Å². The number of aryl methyl sites for hydroxylation is 2. The third-order valence-electron chi connectivity index (χ3n) is 3.32. The molecule has 0 fully saturated rings. The van der Waals surface area contributed by atoms with Gasteiger partial charge in [0.2, 0.25) is 5.91 Å². The van der Waals surface area contributed by atoms with Crippen molar-refractivity contribution in [2.24, 2.45) is 0 Å². The predicted octanol–water partition coefficient (Wildman–Crippen LogP) is 1.91. The average Bonchev–Trinajstić information content (AvgIpc) is 2.36. The van der Waals surface area contributed by atoms with Crippen LogP contribution in [0.4, 0.5) is 0 Å². The molecule has 0 heterocycles. The molecule has 0 unspecified atom stereocenters. The van der Waals surface area contributed by atoms with Gasteiger partial charge in [-0.05, 0) is 44.0 Å². The molecule has 0 spiro atoms. The Balaban J connectivity index is 2.44. The number of hydrogen-bond donors (Lipinski definition) is 1. The van der Waals surface area contributed by atoms with Gasteiger partial charge in [0, 0.05) is 26.6 Å². The summed E-state index contributed by atoms with van der Waals surface area (Å²) in [5.74, 6) is 0.202. The second kappa shape index (κ2) is 7.17. The number of nitrogens with one attached hydrogen (secondary N) is 1. The lowest BCUT2D eigenvalue weighted by Gasteiger charge is -2.17. The highest BCUT2D eigenvalue weighted by molar-refractivity contribution is 5.76. The van der Waals surface area contributed by atoms with Crippen LogP contribution in [0.5, 0.6) is 0 Å². The molecule has 0 saturated carbocycles. The fourth-order valence-corrected chi connectivity index (χ4v) is 1.80. The largest absolute Gasteiger partial charge is 0.345 e. The van der Waals surface area contributed by atoms with E-state index in [4.69, 9.17) is 0 Å². The van der Waals surface area contributed by atoms with Crippen molar-refractivity contribution >= 4 is 5.91 Å². The molecule has 1 N–H and O–H groups in total. The van der Waals surface area contributed by atoms with Crippen LogP contribution in [0.15, 0.2) is 18.2 Å². The molecule has 0 aliphatic heterocycles. The SMILES string of the molecule is CNCCC(=O)N(C)CCc1ccc(C)c(C)c1. The summed E-state index contributed by atoms with van der Waals surface area (Å²) in [4.78, 5) is 13.5. The Morgan fingerprint density at radius 1 is 1.28 bits per heavy atom. The first kappa shape index (κ1) is 14.7. The van der Waals surface area contributed by atoms with Crippen molar-refractivity contribution in [1.82, 2.24) is 10.2 Å². The van der Waals surface area contributed by atoms with E-state index in [9.17, 15) is 4.79 Å². The number of carbonyl (C=O) groups is 1. The quantitative estimate of drug-likeness (QED) is 0.834. The van der Waals surface area contributed by atoms with Crippen molar-refractivity contribution < 1.29 is 4.79 Å². The van der Waals surface area contributed by atoms with Crippen LogP contribution in [-0.2, 0) is 11.2 Å². The van der Waals surface area contributed by atoms with Crippen molar-refractivity contribution in [3.05, 3.63) is 34.9 Å². The zero-order valence-corrected chi connectivity index (χ0v) is 11.9. The average molecular weight is 248 g/mol. The van der Waals surface area contributed by atoms with Gasteiger partial charge < -0.3 is 10.2 Å². The first-order chi connectivity index (χ1) is 8.54. The van der Waals surface area contributed by atoms with Crippen LogP contribution in [-0.4, -0.2) is 38.0 Å². The highest BCUT2D eigenvalue weighted by Crippen LogP contribution is 2.10. The van der Waals surface area contributed by atoms with Gasteiger partial charge in [-0.2, -0.15) is 0 Å². The molecule has 0 aliphatic rings. The van der Waals surface area contributed by atoms with E-state index in [1.807, 2.05) is 19.0 Å². The van der Waals surface area contributed by atoms with Crippen LogP contribution in [0.3, 0.4) is 0 Å². The number of likely N-dealkylation sites (N-methyl/N-ethyl adjacent to an activating group) is 1. The molecule has 1 aromatic rings. The third-order valence-corrected chi connectivity index (χ3v) is 3.32. The normalized spacial score (nSPS) is 10.4. The molecule has 0 atom stereocenters. The molecule has 3 nitrogen and oxygen atoms in total. The lowest BCUT2D eigenvalue weighted by atomic mass is 10.0.